The van der Waals surface area contributed by atoms with Gasteiger partial charge in [-0.2, -0.15) is 0 Å². The van der Waals surface area contributed by atoms with Gasteiger partial charge in [0.15, 0.2) is 0 Å². The van der Waals surface area contributed by atoms with Gasteiger partial charge in [-0.15, -0.1) is 0 Å². The molecule has 0 aliphatic rings. The summed E-state index contributed by atoms with van der Waals surface area (Å²) in [6.45, 7) is 2.54. The average molecular weight is 246 g/mol. The molecule has 0 heterocycles. The van der Waals surface area contributed by atoms with Crippen molar-refractivity contribution in [1.29, 1.82) is 0 Å². The fourth-order valence-electron chi connectivity index (χ4n) is 2.10. The van der Waals surface area contributed by atoms with E-state index in [2.05, 4.69) is 31.2 Å². The van der Waals surface area contributed by atoms with Crippen molar-refractivity contribution in [1.82, 2.24) is 0 Å². The lowest BCUT2D eigenvalue weighted by molar-refractivity contribution is 0.217. The number of hydrogen-bond acceptors (Lipinski definition) is 1. The lowest BCUT2D eigenvalue weighted by Crippen LogP contribution is -2.04. The molecule has 1 unspecified atom stereocenters. The molecule has 0 saturated heterocycles. The van der Waals surface area contributed by atoms with Gasteiger partial charge in [0, 0.05) is 6.61 Å². The molecule has 1 aromatic carbocycles. The maximum Gasteiger partial charge on any atom is 0.0462 e. The first-order valence-corrected chi connectivity index (χ1v) is 7.19. The van der Waals surface area contributed by atoms with Crippen LogP contribution in [0, 0.1) is 5.92 Å². The highest BCUT2D eigenvalue weighted by molar-refractivity contribution is 5.48. The average Bonchev–Trinajstić information content (AvgIpc) is 2.42. The van der Waals surface area contributed by atoms with E-state index in [-0.39, 0.29) is 0 Å². The summed E-state index contributed by atoms with van der Waals surface area (Å²) in [5.74, 6) is 0.432. The van der Waals surface area contributed by atoms with Crippen LogP contribution in [0.5, 0.6) is 0 Å². The quantitative estimate of drug-likeness (QED) is 0.628. The summed E-state index contributed by atoms with van der Waals surface area (Å²) >= 11 is 0. The van der Waals surface area contributed by atoms with E-state index in [9.17, 15) is 5.11 Å². The molecular weight excluding hydrogens is 220 g/mol. The second-order valence-electron chi connectivity index (χ2n) is 4.95. The van der Waals surface area contributed by atoms with Gasteiger partial charge in [0.2, 0.25) is 0 Å². The Labute approximate surface area is 112 Å². The molecular formula is C17H26O. The molecule has 1 nitrogen and oxygen atoms in total. The summed E-state index contributed by atoms with van der Waals surface area (Å²) < 4.78 is 0. The molecule has 1 aromatic rings. The van der Waals surface area contributed by atoms with Gasteiger partial charge in [0.25, 0.3) is 0 Å². The number of hydrogen-bond donors (Lipinski definition) is 1. The molecule has 1 heteroatoms. The van der Waals surface area contributed by atoms with E-state index in [0.717, 1.165) is 12.8 Å². The van der Waals surface area contributed by atoms with E-state index in [1.54, 1.807) is 0 Å². The molecule has 0 radical (unpaired) electrons. The smallest absolute Gasteiger partial charge is 0.0462 e. The Hall–Kier alpha value is -1.08. The van der Waals surface area contributed by atoms with Crippen LogP contribution in [0.15, 0.2) is 36.4 Å². The van der Waals surface area contributed by atoms with Gasteiger partial charge in [-0.05, 0) is 24.3 Å². The van der Waals surface area contributed by atoms with Gasteiger partial charge < -0.3 is 5.11 Å². The molecule has 0 amide bonds. The lowest BCUT2D eigenvalue weighted by Gasteiger charge is -2.11. The first kappa shape index (κ1) is 15.0. The number of rotatable bonds is 9. The number of aliphatic hydroxyl groups excluding tert-OH is 1. The minimum absolute atomic E-state index is 0.311. The molecule has 1 rings (SSSR count). The van der Waals surface area contributed by atoms with Crippen molar-refractivity contribution < 1.29 is 5.11 Å². The third kappa shape index (κ3) is 6.61. The minimum Gasteiger partial charge on any atom is -0.396 e. The van der Waals surface area contributed by atoms with E-state index in [0.29, 0.717) is 12.5 Å². The maximum absolute atomic E-state index is 9.35. The monoisotopic (exact) mass is 246 g/mol. The molecule has 1 N–H and O–H groups in total. The van der Waals surface area contributed by atoms with E-state index < -0.39 is 0 Å². The van der Waals surface area contributed by atoms with E-state index in [1.807, 2.05) is 18.2 Å². The molecule has 18 heavy (non-hydrogen) atoms. The van der Waals surface area contributed by atoms with Crippen molar-refractivity contribution in [2.24, 2.45) is 5.92 Å². The van der Waals surface area contributed by atoms with Crippen LogP contribution in [-0.4, -0.2) is 11.7 Å². The zero-order valence-corrected chi connectivity index (χ0v) is 11.5. The van der Waals surface area contributed by atoms with Crippen molar-refractivity contribution in [3.05, 3.63) is 42.0 Å². The van der Waals surface area contributed by atoms with Gasteiger partial charge in [0.1, 0.15) is 0 Å². The molecule has 0 fully saturated rings. The van der Waals surface area contributed by atoms with Crippen molar-refractivity contribution in [3.8, 4) is 0 Å². The van der Waals surface area contributed by atoms with Crippen molar-refractivity contribution in [3.63, 3.8) is 0 Å². The van der Waals surface area contributed by atoms with E-state index in [4.69, 9.17) is 0 Å². The molecule has 0 aliphatic carbocycles. The van der Waals surface area contributed by atoms with Gasteiger partial charge in [-0.25, -0.2) is 0 Å². The van der Waals surface area contributed by atoms with Crippen LogP contribution in [0.4, 0.5) is 0 Å². The van der Waals surface area contributed by atoms with Gasteiger partial charge in [-0.1, -0.05) is 75.1 Å². The van der Waals surface area contributed by atoms with Crippen LogP contribution in [0.2, 0.25) is 0 Å². The number of aliphatic hydroxyl groups is 1. The van der Waals surface area contributed by atoms with Gasteiger partial charge in [-0.3, -0.25) is 0 Å². The summed E-state index contributed by atoms with van der Waals surface area (Å²) in [6.07, 6.45) is 11.6. The molecule has 0 aromatic heterocycles. The molecule has 0 aliphatic heterocycles. The number of benzene rings is 1. The molecule has 100 valence electrons. The zero-order chi connectivity index (χ0) is 13.1. The molecule has 0 bridgehead atoms. The highest BCUT2D eigenvalue weighted by atomic mass is 16.3. The first-order valence-electron chi connectivity index (χ1n) is 7.19. The third-order valence-corrected chi connectivity index (χ3v) is 3.30. The molecule has 1 atom stereocenters. The number of unbranched alkanes of at least 4 members (excludes halogenated alkanes) is 3. The Morgan fingerprint density at radius 3 is 2.56 bits per heavy atom. The summed E-state index contributed by atoms with van der Waals surface area (Å²) in [7, 11) is 0. The Bertz CT molecular complexity index is 316. The zero-order valence-electron chi connectivity index (χ0n) is 11.5. The molecule has 0 saturated carbocycles. The van der Waals surface area contributed by atoms with E-state index in [1.165, 1.54) is 31.2 Å². The summed E-state index contributed by atoms with van der Waals surface area (Å²) in [5.41, 5.74) is 1.24. The number of allylic oxidation sites excluding steroid dienone is 1. The van der Waals surface area contributed by atoms with Crippen LogP contribution >= 0.6 is 0 Å². The van der Waals surface area contributed by atoms with Gasteiger partial charge in [0.05, 0.1) is 0 Å². The first-order chi connectivity index (χ1) is 8.86. The second-order valence-corrected chi connectivity index (χ2v) is 4.95. The van der Waals surface area contributed by atoms with E-state index >= 15 is 0 Å². The Kier molecular flexibility index (Phi) is 8.24. The predicted molar refractivity (Wildman–Crippen MR) is 79.4 cm³/mol. The van der Waals surface area contributed by atoms with Crippen LogP contribution < -0.4 is 0 Å². The van der Waals surface area contributed by atoms with Crippen LogP contribution in [-0.2, 0) is 0 Å². The standard InChI is InChI=1S/C17H26O/c1-2-3-4-6-12-17(15-18)14-9-13-16-10-7-5-8-11-16/h5,7-11,13,17-18H,2-4,6,12,14-15H2,1H3. The Morgan fingerprint density at radius 2 is 1.89 bits per heavy atom. The second kappa shape index (κ2) is 9.90. The predicted octanol–water partition coefficient (Wildman–Crippen LogP) is 4.67. The Balaban J connectivity index is 2.24. The molecule has 0 spiro atoms. The van der Waals surface area contributed by atoms with Crippen LogP contribution in [0.3, 0.4) is 0 Å². The van der Waals surface area contributed by atoms with Gasteiger partial charge >= 0.3 is 0 Å². The van der Waals surface area contributed by atoms with Crippen molar-refractivity contribution in [2.45, 2.75) is 45.4 Å². The third-order valence-electron chi connectivity index (χ3n) is 3.30. The maximum atomic E-state index is 9.35. The van der Waals surface area contributed by atoms with Crippen molar-refractivity contribution >= 4 is 6.08 Å². The fourth-order valence-corrected chi connectivity index (χ4v) is 2.10. The van der Waals surface area contributed by atoms with Crippen LogP contribution in [0.25, 0.3) is 6.08 Å². The van der Waals surface area contributed by atoms with Crippen molar-refractivity contribution in [2.75, 3.05) is 6.61 Å². The normalized spacial score (nSPS) is 13.0. The summed E-state index contributed by atoms with van der Waals surface area (Å²) in [5, 5.41) is 9.35. The highest BCUT2D eigenvalue weighted by Crippen LogP contribution is 2.15. The topological polar surface area (TPSA) is 20.2 Å². The fraction of sp³-hybridized carbons (Fsp3) is 0.529. The summed E-state index contributed by atoms with van der Waals surface area (Å²) in [6, 6.07) is 10.3. The highest BCUT2D eigenvalue weighted by Gasteiger charge is 2.04. The Morgan fingerprint density at radius 1 is 1.11 bits per heavy atom. The lowest BCUT2D eigenvalue weighted by atomic mass is 9.98. The largest absolute Gasteiger partial charge is 0.396 e. The SMILES string of the molecule is CCCCCCC(CO)CC=Cc1ccccc1. The summed E-state index contributed by atoms with van der Waals surface area (Å²) in [4.78, 5) is 0. The minimum atomic E-state index is 0.311. The van der Waals surface area contributed by atoms with Crippen LogP contribution in [0.1, 0.15) is 51.0 Å².